The number of rotatable bonds is 4. The van der Waals surface area contributed by atoms with Gasteiger partial charge in [-0.05, 0) is 47.6 Å². The fourth-order valence-electron chi connectivity index (χ4n) is 2.10. The van der Waals surface area contributed by atoms with E-state index in [-0.39, 0.29) is 5.91 Å². The maximum atomic E-state index is 11.6. The number of amides is 1. The number of thiophene rings is 1. The lowest BCUT2D eigenvalue weighted by atomic mass is 10.1. The number of hydrogen-bond acceptors (Lipinski definition) is 2. The van der Waals surface area contributed by atoms with E-state index in [1.54, 1.807) is 11.3 Å². The molecule has 0 aliphatic heterocycles. The molecule has 0 saturated heterocycles. The Morgan fingerprint density at radius 3 is 3.06 bits per heavy atom. The molecule has 4 heteroatoms. The van der Waals surface area contributed by atoms with Crippen molar-refractivity contribution < 1.29 is 4.79 Å². The molecule has 1 fully saturated rings. The standard InChI is InChI=1S/C12H16ClNOS/c13-11-2-1-9(5-11)7-14-12(15)6-10-3-4-16-8-10/h3-4,8-9,11H,1-2,5-7H2,(H,14,15). The van der Waals surface area contributed by atoms with E-state index in [2.05, 4.69) is 5.32 Å². The van der Waals surface area contributed by atoms with Crippen LogP contribution in [-0.4, -0.2) is 17.8 Å². The number of nitrogens with one attached hydrogen (secondary N) is 1. The van der Waals surface area contributed by atoms with Crippen LogP contribution in [0.5, 0.6) is 0 Å². The lowest BCUT2D eigenvalue weighted by Gasteiger charge is -2.10. The highest BCUT2D eigenvalue weighted by atomic mass is 35.5. The lowest BCUT2D eigenvalue weighted by molar-refractivity contribution is -0.120. The zero-order valence-electron chi connectivity index (χ0n) is 9.12. The zero-order chi connectivity index (χ0) is 11.4. The first-order valence-electron chi connectivity index (χ1n) is 5.66. The smallest absolute Gasteiger partial charge is 0.224 e. The average molecular weight is 258 g/mol. The van der Waals surface area contributed by atoms with E-state index in [9.17, 15) is 4.79 Å². The third kappa shape index (κ3) is 3.49. The third-order valence-corrected chi connectivity index (χ3v) is 4.14. The van der Waals surface area contributed by atoms with E-state index < -0.39 is 0 Å². The van der Waals surface area contributed by atoms with E-state index in [1.165, 1.54) is 0 Å². The van der Waals surface area contributed by atoms with E-state index in [4.69, 9.17) is 11.6 Å². The highest BCUT2D eigenvalue weighted by molar-refractivity contribution is 7.07. The van der Waals surface area contributed by atoms with Crippen molar-refractivity contribution in [3.05, 3.63) is 22.4 Å². The van der Waals surface area contributed by atoms with Crippen LogP contribution in [0.4, 0.5) is 0 Å². The van der Waals surface area contributed by atoms with E-state index >= 15 is 0 Å². The molecule has 88 valence electrons. The molecular weight excluding hydrogens is 242 g/mol. The molecule has 16 heavy (non-hydrogen) atoms. The highest BCUT2D eigenvalue weighted by Gasteiger charge is 2.22. The highest BCUT2D eigenvalue weighted by Crippen LogP contribution is 2.28. The first kappa shape index (κ1) is 11.9. The van der Waals surface area contributed by atoms with Crippen LogP contribution in [-0.2, 0) is 11.2 Å². The molecule has 0 radical (unpaired) electrons. The molecule has 0 spiro atoms. The normalized spacial score (nSPS) is 24.6. The van der Waals surface area contributed by atoms with Gasteiger partial charge in [-0.2, -0.15) is 11.3 Å². The van der Waals surface area contributed by atoms with Gasteiger partial charge in [-0.1, -0.05) is 0 Å². The summed E-state index contributed by atoms with van der Waals surface area (Å²) in [6.07, 6.45) is 3.78. The molecule has 1 heterocycles. The first-order valence-corrected chi connectivity index (χ1v) is 7.04. The molecule has 1 amide bonds. The van der Waals surface area contributed by atoms with Crippen molar-refractivity contribution >= 4 is 28.8 Å². The topological polar surface area (TPSA) is 29.1 Å². The van der Waals surface area contributed by atoms with Crippen molar-refractivity contribution in [3.63, 3.8) is 0 Å². The van der Waals surface area contributed by atoms with Gasteiger partial charge in [0.1, 0.15) is 0 Å². The first-order chi connectivity index (χ1) is 7.74. The maximum Gasteiger partial charge on any atom is 0.224 e. The summed E-state index contributed by atoms with van der Waals surface area (Å²) in [5.41, 5.74) is 1.10. The van der Waals surface area contributed by atoms with Gasteiger partial charge in [0, 0.05) is 11.9 Å². The predicted molar refractivity (Wildman–Crippen MR) is 68.0 cm³/mol. The fraction of sp³-hybridized carbons (Fsp3) is 0.583. The predicted octanol–water partition coefficient (Wildman–Crippen LogP) is 2.81. The second-order valence-electron chi connectivity index (χ2n) is 4.39. The average Bonchev–Trinajstić information content (AvgIpc) is 2.87. The molecule has 1 aliphatic carbocycles. The second-order valence-corrected chi connectivity index (χ2v) is 5.79. The SMILES string of the molecule is O=C(Cc1ccsc1)NCC1CCC(Cl)C1. The van der Waals surface area contributed by atoms with Crippen LogP contribution >= 0.6 is 22.9 Å². The quantitative estimate of drug-likeness (QED) is 0.826. The maximum absolute atomic E-state index is 11.6. The van der Waals surface area contributed by atoms with Gasteiger partial charge in [0.15, 0.2) is 0 Å². The second kappa shape index (κ2) is 5.69. The summed E-state index contributed by atoms with van der Waals surface area (Å²) in [6, 6.07) is 1.99. The van der Waals surface area contributed by atoms with Gasteiger partial charge in [0.05, 0.1) is 6.42 Å². The van der Waals surface area contributed by atoms with Crippen LogP contribution in [0.2, 0.25) is 0 Å². The Balaban J connectivity index is 1.68. The Hall–Kier alpha value is -0.540. The van der Waals surface area contributed by atoms with Gasteiger partial charge in [-0.3, -0.25) is 4.79 Å². The molecule has 2 rings (SSSR count). The van der Waals surface area contributed by atoms with Crippen molar-refractivity contribution in [3.8, 4) is 0 Å². The zero-order valence-corrected chi connectivity index (χ0v) is 10.7. The minimum Gasteiger partial charge on any atom is -0.356 e. The van der Waals surface area contributed by atoms with Gasteiger partial charge in [-0.25, -0.2) is 0 Å². The Labute approximate surface area is 105 Å². The fourth-order valence-corrected chi connectivity index (χ4v) is 3.15. The molecule has 1 N–H and O–H groups in total. The number of halogens is 1. The van der Waals surface area contributed by atoms with E-state index in [0.29, 0.717) is 17.7 Å². The van der Waals surface area contributed by atoms with Gasteiger partial charge in [0.2, 0.25) is 5.91 Å². The van der Waals surface area contributed by atoms with E-state index in [1.807, 2.05) is 16.8 Å². The number of hydrogen-bond donors (Lipinski definition) is 1. The molecule has 1 aliphatic rings. The van der Waals surface area contributed by atoms with Crippen molar-refractivity contribution in [2.24, 2.45) is 5.92 Å². The van der Waals surface area contributed by atoms with Crippen molar-refractivity contribution in [2.75, 3.05) is 6.54 Å². The van der Waals surface area contributed by atoms with Crippen LogP contribution < -0.4 is 5.32 Å². The minimum absolute atomic E-state index is 0.122. The third-order valence-electron chi connectivity index (χ3n) is 3.01. The summed E-state index contributed by atoms with van der Waals surface area (Å²) >= 11 is 7.65. The largest absolute Gasteiger partial charge is 0.356 e. The molecule has 1 saturated carbocycles. The van der Waals surface area contributed by atoms with Crippen LogP contribution in [0, 0.1) is 5.92 Å². The molecule has 1 aromatic heterocycles. The number of carbonyl (C=O) groups excluding carboxylic acids is 1. The Bertz CT molecular complexity index is 339. The van der Waals surface area contributed by atoms with Gasteiger partial charge < -0.3 is 5.32 Å². The molecule has 0 aromatic carbocycles. The summed E-state index contributed by atoms with van der Waals surface area (Å²) in [5, 5.41) is 7.32. The van der Waals surface area contributed by atoms with Crippen LogP contribution in [0.1, 0.15) is 24.8 Å². The number of alkyl halides is 1. The minimum atomic E-state index is 0.122. The molecule has 2 nitrogen and oxygen atoms in total. The van der Waals surface area contributed by atoms with Crippen molar-refractivity contribution in [2.45, 2.75) is 31.1 Å². The summed E-state index contributed by atoms with van der Waals surface area (Å²) in [7, 11) is 0. The van der Waals surface area contributed by atoms with Gasteiger partial charge >= 0.3 is 0 Å². The molecule has 2 unspecified atom stereocenters. The van der Waals surface area contributed by atoms with Gasteiger partial charge in [-0.15, -0.1) is 11.6 Å². The van der Waals surface area contributed by atoms with Crippen LogP contribution in [0.25, 0.3) is 0 Å². The molecule has 1 aromatic rings. The molecular formula is C12H16ClNOS. The van der Waals surface area contributed by atoms with Crippen LogP contribution in [0.3, 0.4) is 0 Å². The summed E-state index contributed by atoms with van der Waals surface area (Å²) in [6.45, 7) is 0.784. The Morgan fingerprint density at radius 2 is 2.44 bits per heavy atom. The summed E-state index contributed by atoms with van der Waals surface area (Å²) in [5.74, 6) is 0.699. The lowest BCUT2D eigenvalue weighted by Crippen LogP contribution is -2.29. The van der Waals surface area contributed by atoms with Crippen molar-refractivity contribution in [1.29, 1.82) is 0 Å². The van der Waals surface area contributed by atoms with E-state index in [0.717, 1.165) is 31.4 Å². The summed E-state index contributed by atoms with van der Waals surface area (Å²) < 4.78 is 0. The number of carbonyl (C=O) groups is 1. The molecule has 2 atom stereocenters. The van der Waals surface area contributed by atoms with Crippen molar-refractivity contribution in [1.82, 2.24) is 5.32 Å². The summed E-state index contributed by atoms with van der Waals surface area (Å²) in [4.78, 5) is 11.6. The van der Waals surface area contributed by atoms with Crippen LogP contribution in [0.15, 0.2) is 16.8 Å². The molecule has 0 bridgehead atoms. The Kier molecular flexibility index (Phi) is 4.24. The van der Waals surface area contributed by atoms with Gasteiger partial charge in [0.25, 0.3) is 0 Å². The Morgan fingerprint density at radius 1 is 1.56 bits per heavy atom. The monoisotopic (exact) mass is 257 g/mol.